The lowest BCUT2D eigenvalue weighted by atomic mass is 9.88. The van der Waals surface area contributed by atoms with Crippen LogP contribution in [0.25, 0.3) is 0 Å². The van der Waals surface area contributed by atoms with E-state index in [-0.39, 0.29) is 12.1 Å². The van der Waals surface area contributed by atoms with Gasteiger partial charge in [0, 0.05) is 24.8 Å². The van der Waals surface area contributed by atoms with E-state index in [4.69, 9.17) is 5.73 Å². The van der Waals surface area contributed by atoms with E-state index in [1.807, 2.05) is 18.2 Å². The number of anilines is 1. The number of nitrogens with one attached hydrogen (secondary N) is 1. The second kappa shape index (κ2) is 6.79. The first-order valence-electron chi connectivity index (χ1n) is 8.61. The Bertz CT molecular complexity index is 654. The van der Waals surface area contributed by atoms with Crippen molar-refractivity contribution in [2.24, 2.45) is 0 Å². The van der Waals surface area contributed by atoms with Crippen LogP contribution in [0.5, 0.6) is 0 Å². The summed E-state index contributed by atoms with van der Waals surface area (Å²) in [5, 5.41) is 0. The molecule has 0 bridgehead atoms. The molecule has 5 nitrogen and oxygen atoms in total. The van der Waals surface area contributed by atoms with Gasteiger partial charge in [-0.3, -0.25) is 0 Å². The summed E-state index contributed by atoms with van der Waals surface area (Å²) >= 11 is 0. The Hall–Kier alpha value is -1.11. The molecule has 128 valence electrons. The van der Waals surface area contributed by atoms with Crippen LogP contribution in [0.4, 0.5) is 5.69 Å². The molecule has 3 N–H and O–H groups in total. The van der Waals surface area contributed by atoms with Gasteiger partial charge in [-0.25, -0.2) is 0 Å². The van der Waals surface area contributed by atoms with E-state index in [0.717, 1.165) is 56.2 Å². The fourth-order valence-corrected chi connectivity index (χ4v) is 5.23. The number of aryl methyl sites for hydroxylation is 1. The summed E-state index contributed by atoms with van der Waals surface area (Å²) in [7, 11) is -1.75. The highest BCUT2D eigenvalue weighted by Crippen LogP contribution is 2.32. The fraction of sp³-hybridized carbons (Fsp3) is 0.647. The Morgan fingerprint density at radius 2 is 1.87 bits per heavy atom. The van der Waals surface area contributed by atoms with E-state index in [1.54, 1.807) is 11.4 Å². The first-order chi connectivity index (χ1) is 11.0. The van der Waals surface area contributed by atoms with Crippen molar-refractivity contribution in [2.75, 3.05) is 12.8 Å². The Morgan fingerprint density at radius 3 is 2.61 bits per heavy atom. The molecular weight excluding hydrogens is 310 g/mol. The van der Waals surface area contributed by atoms with Gasteiger partial charge in [0.05, 0.1) is 0 Å². The summed E-state index contributed by atoms with van der Waals surface area (Å²) < 4.78 is 30.0. The van der Waals surface area contributed by atoms with Gasteiger partial charge in [0.2, 0.25) is 0 Å². The van der Waals surface area contributed by atoms with Crippen molar-refractivity contribution >= 4 is 15.9 Å². The zero-order valence-corrected chi connectivity index (χ0v) is 14.6. The highest BCUT2D eigenvalue weighted by molar-refractivity contribution is 7.87. The molecule has 2 aliphatic rings. The molecule has 1 saturated carbocycles. The second-order valence-corrected chi connectivity index (χ2v) is 8.60. The number of hydrogen-bond acceptors (Lipinski definition) is 3. The fourth-order valence-electron chi connectivity index (χ4n) is 3.86. The average molecular weight is 337 g/mol. The first-order valence-corrected chi connectivity index (χ1v) is 10.0. The smallest absolute Gasteiger partial charge is 0.280 e. The lowest BCUT2D eigenvalue weighted by molar-refractivity contribution is 0.280. The van der Waals surface area contributed by atoms with Crippen molar-refractivity contribution in [1.29, 1.82) is 0 Å². The summed E-state index contributed by atoms with van der Waals surface area (Å²) in [5.74, 6) is 0. The van der Waals surface area contributed by atoms with Crippen molar-refractivity contribution < 1.29 is 8.42 Å². The summed E-state index contributed by atoms with van der Waals surface area (Å²) in [6.07, 6.45) is 8.19. The van der Waals surface area contributed by atoms with Gasteiger partial charge in [-0.05, 0) is 55.4 Å². The van der Waals surface area contributed by atoms with Gasteiger partial charge in [-0.2, -0.15) is 17.4 Å². The Morgan fingerprint density at radius 1 is 1.13 bits per heavy atom. The molecule has 1 aromatic rings. The van der Waals surface area contributed by atoms with E-state index in [2.05, 4.69) is 4.72 Å². The van der Waals surface area contributed by atoms with Crippen molar-refractivity contribution in [3.63, 3.8) is 0 Å². The minimum atomic E-state index is -3.46. The molecule has 0 saturated heterocycles. The maximum atomic E-state index is 12.8. The van der Waals surface area contributed by atoms with E-state index in [1.165, 1.54) is 12.0 Å². The van der Waals surface area contributed by atoms with Crippen LogP contribution in [0.15, 0.2) is 18.2 Å². The van der Waals surface area contributed by atoms with E-state index in [9.17, 15) is 8.42 Å². The third-order valence-corrected chi connectivity index (χ3v) is 6.88. The Labute approximate surface area is 139 Å². The molecule has 0 radical (unpaired) electrons. The number of rotatable bonds is 4. The van der Waals surface area contributed by atoms with Crippen LogP contribution >= 0.6 is 0 Å². The van der Waals surface area contributed by atoms with Crippen molar-refractivity contribution in [1.82, 2.24) is 9.03 Å². The van der Waals surface area contributed by atoms with Crippen LogP contribution in [-0.4, -0.2) is 25.8 Å². The summed E-state index contributed by atoms with van der Waals surface area (Å²) in [6, 6.07) is 5.79. The van der Waals surface area contributed by atoms with E-state index >= 15 is 0 Å². The van der Waals surface area contributed by atoms with Gasteiger partial charge in [-0.15, -0.1) is 0 Å². The largest absolute Gasteiger partial charge is 0.399 e. The molecule has 0 aliphatic heterocycles. The van der Waals surface area contributed by atoms with Gasteiger partial charge in [-0.1, -0.05) is 25.3 Å². The number of hydrogen-bond donors (Lipinski definition) is 2. The van der Waals surface area contributed by atoms with Crippen LogP contribution in [0.1, 0.15) is 62.1 Å². The van der Waals surface area contributed by atoms with Gasteiger partial charge in [0.1, 0.15) is 0 Å². The quantitative estimate of drug-likeness (QED) is 0.830. The standard InChI is InChI=1S/C17H27N3O2S/c1-20(15-7-3-2-4-8-15)23(21,22)19-17-9-5-6-13-12-14(18)10-11-16(13)17/h10-12,15,17,19H,2-9,18H2,1H3. The molecule has 0 aromatic heterocycles. The maximum absolute atomic E-state index is 12.8. The molecular formula is C17H27N3O2S. The van der Waals surface area contributed by atoms with Crippen LogP contribution in [-0.2, 0) is 16.6 Å². The lowest BCUT2D eigenvalue weighted by Gasteiger charge is -2.33. The van der Waals surface area contributed by atoms with Crippen molar-refractivity contribution in [3.05, 3.63) is 29.3 Å². The molecule has 1 aromatic carbocycles. The maximum Gasteiger partial charge on any atom is 0.280 e. The molecule has 0 spiro atoms. The molecule has 3 rings (SSSR count). The van der Waals surface area contributed by atoms with E-state index in [0.29, 0.717) is 0 Å². The first kappa shape index (κ1) is 16.7. The number of nitrogens with zero attached hydrogens (tertiary/aromatic N) is 1. The third kappa shape index (κ3) is 3.70. The minimum Gasteiger partial charge on any atom is -0.399 e. The highest BCUT2D eigenvalue weighted by atomic mass is 32.2. The average Bonchev–Trinajstić information content (AvgIpc) is 2.54. The molecule has 1 fully saturated rings. The molecule has 6 heteroatoms. The number of fused-ring (bicyclic) bond motifs is 1. The predicted octanol–water partition coefficient (Wildman–Crippen LogP) is 2.75. The normalized spacial score (nSPS) is 23.0. The molecule has 0 heterocycles. The second-order valence-electron chi connectivity index (χ2n) is 6.83. The number of benzene rings is 1. The van der Waals surface area contributed by atoms with Crippen LogP contribution < -0.4 is 10.5 Å². The van der Waals surface area contributed by atoms with Gasteiger partial charge in [0.15, 0.2) is 0 Å². The SMILES string of the molecule is CN(C1CCCCC1)S(=O)(=O)NC1CCCc2cc(N)ccc21. The third-order valence-electron chi connectivity index (χ3n) is 5.24. The zero-order valence-electron chi connectivity index (χ0n) is 13.8. The van der Waals surface area contributed by atoms with E-state index < -0.39 is 10.2 Å². The van der Waals surface area contributed by atoms with Gasteiger partial charge < -0.3 is 5.73 Å². The van der Waals surface area contributed by atoms with Crippen molar-refractivity contribution in [3.8, 4) is 0 Å². The molecule has 2 aliphatic carbocycles. The summed E-state index contributed by atoms with van der Waals surface area (Å²) in [5.41, 5.74) is 8.84. The summed E-state index contributed by atoms with van der Waals surface area (Å²) in [4.78, 5) is 0. The minimum absolute atomic E-state index is 0.135. The van der Waals surface area contributed by atoms with Crippen LogP contribution in [0.3, 0.4) is 0 Å². The predicted molar refractivity (Wildman–Crippen MR) is 93.2 cm³/mol. The van der Waals surface area contributed by atoms with Crippen LogP contribution in [0.2, 0.25) is 0 Å². The molecule has 23 heavy (non-hydrogen) atoms. The van der Waals surface area contributed by atoms with Crippen molar-refractivity contribution in [2.45, 2.75) is 63.5 Å². The van der Waals surface area contributed by atoms with Gasteiger partial charge >= 0.3 is 0 Å². The number of nitrogen functional groups attached to an aromatic ring is 1. The molecule has 1 unspecified atom stereocenters. The molecule has 1 atom stereocenters. The zero-order chi connectivity index (χ0) is 16.4. The number of nitrogens with two attached hydrogens (primary N) is 1. The Balaban J connectivity index is 1.76. The topological polar surface area (TPSA) is 75.4 Å². The lowest BCUT2D eigenvalue weighted by Crippen LogP contribution is -2.46. The van der Waals surface area contributed by atoms with Gasteiger partial charge in [0.25, 0.3) is 10.2 Å². The van der Waals surface area contributed by atoms with Crippen LogP contribution in [0, 0.1) is 0 Å². The monoisotopic (exact) mass is 337 g/mol. The highest BCUT2D eigenvalue weighted by Gasteiger charge is 2.31. The Kier molecular flexibility index (Phi) is 4.94. The summed E-state index contributed by atoms with van der Waals surface area (Å²) in [6.45, 7) is 0. The molecule has 0 amide bonds.